The van der Waals surface area contributed by atoms with Crippen molar-refractivity contribution in [1.82, 2.24) is 19.6 Å². The van der Waals surface area contributed by atoms with Crippen LogP contribution in [0.4, 0.5) is 0 Å². The Morgan fingerprint density at radius 3 is 2.92 bits per heavy atom. The molecule has 3 heterocycles. The van der Waals surface area contributed by atoms with E-state index in [1.165, 1.54) is 17.7 Å². The largest absolute Gasteiger partial charge is 0.465 e. The van der Waals surface area contributed by atoms with Crippen LogP contribution in [0, 0.1) is 13.8 Å². The summed E-state index contributed by atoms with van der Waals surface area (Å²) in [5.74, 6) is 0.258. The molecule has 0 aliphatic heterocycles. The normalized spacial score (nSPS) is 11.0. The lowest BCUT2D eigenvalue weighted by Gasteiger charge is -2.10. The molecular weight excluding hydrogens is 340 g/mol. The van der Waals surface area contributed by atoms with Crippen LogP contribution in [-0.2, 0) is 16.0 Å². The van der Waals surface area contributed by atoms with Crippen LogP contribution in [0.15, 0.2) is 23.8 Å². The molecule has 7 nitrogen and oxygen atoms in total. The Morgan fingerprint density at radius 2 is 2.16 bits per heavy atom. The van der Waals surface area contributed by atoms with Gasteiger partial charge in [0, 0.05) is 23.4 Å². The van der Waals surface area contributed by atoms with Crippen molar-refractivity contribution in [1.29, 1.82) is 0 Å². The van der Waals surface area contributed by atoms with Gasteiger partial charge in [0.2, 0.25) is 0 Å². The molecule has 0 aliphatic carbocycles. The monoisotopic (exact) mass is 358 g/mol. The number of aryl methyl sites for hydroxylation is 2. The van der Waals surface area contributed by atoms with Gasteiger partial charge in [0.25, 0.3) is 5.78 Å². The van der Waals surface area contributed by atoms with Gasteiger partial charge in [-0.2, -0.15) is 10.1 Å². The Labute approximate surface area is 148 Å². The molecule has 0 saturated heterocycles. The van der Waals surface area contributed by atoms with E-state index in [9.17, 15) is 9.59 Å². The van der Waals surface area contributed by atoms with Gasteiger partial charge in [-0.15, -0.1) is 11.3 Å². The van der Waals surface area contributed by atoms with Crippen LogP contribution in [0.25, 0.3) is 5.78 Å². The molecule has 3 rings (SSSR count). The highest BCUT2D eigenvalue weighted by Crippen LogP contribution is 2.15. The predicted octanol–water partition coefficient (Wildman–Crippen LogP) is 2.55. The summed E-state index contributed by atoms with van der Waals surface area (Å²) in [6, 6.07) is 3.65. The zero-order valence-corrected chi connectivity index (χ0v) is 14.9. The highest BCUT2D eigenvalue weighted by atomic mass is 32.1. The summed E-state index contributed by atoms with van der Waals surface area (Å²) in [5.41, 5.74) is 2.35. The van der Waals surface area contributed by atoms with E-state index in [-0.39, 0.29) is 24.8 Å². The summed E-state index contributed by atoms with van der Waals surface area (Å²) in [4.78, 5) is 33.1. The number of carbonyl (C=O) groups is 2. The molecule has 0 atom stereocenters. The van der Waals surface area contributed by atoms with E-state index in [0.717, 1.165) is 21.8 Å². The Hall–Kier alpha value is -2.61. The fraction of sp³-hybridized carbons (Fsp3) is 0.353. The lowest BCUT2D eigenvalue weighted by molar-refractivity contribution is -0.142. The second kappa shape index (κ2) is 7.52. The SMILES string of the molecule is Cc1nc2ncnn2c(C)c1CC(=O)OCCCC(=O)c1cccs1. The molecule has 0 aromatic carbocycles. The maximum atomic E-state index is 12.1. The number of ether oxygens (including phenoxy) is 1. The summed E-state index contributed by atoms with van der Waals surface area (Å²) in [7, 11) is 0. The summed E-state index contributed by atoms with van der Waals surface area (Å²) in [5, 5.41) is 5.97. The third-order valence-electron chi connectivity index (χ3n) is 3.92. The first kappa shape index (κ1) is 17.2. The topological polar surface area (TPSA) is 86.4 Å². The van der Waals surface area contributed by atoms with E-state index >= 15 is 0 Å². The summed E-state index contributed by atoms with van der Waals surface area (Å²) in [6.07, 6.45) is 2.44. The van der Waals surface area contributed by atoms with Crippen molar-refractivity contribution >= 4 is 28.9 Å². The van der Waals surface area contributed by atoms with Crippen LogP contribution in [0.2, 0.25) is 0 Å². The summed E-state index contributed by atoms with van der Waals surface area (Å²) in [6.45, 7) is 3.94. The molecule has 25 heavy (non-hydrogen) atoms. The zero-order valence-electron chi connectivity index (χ0n) is 14.1. The smallest absolute Gasteiger partial charge is 0.310 e. The fourth-order valence-electron chi connectivity index (χ4n) is 2.59. The Morgan fingerprint density at radius 1 is 1.32 bits per heavy atom. The highest BCUT2D eigenvalue weighted by Gasteiger charge is 2.15. The zero-order chi connectivity index (χ0) is 17.8. The lowest BCUT2D eigenvalue weighted by Crippen LogP contribution is -2.14. The first-order chi connectivity index (χ1) is 12.1. The van der Waals surface area contributed by atoms with E-state index in [1.54, 1.807) is 10.6 Å². The van der Waals surface area contributed by atoms with E-state index in [0.29, 0.717) is 18.6 Å². The molecule has 0 unspecified atom stereocenters. The number of ketones is 1. The number of aromatic nitrogens is 4. The van der Waals surface area contributed by atoms with Gasteiger partial charge in [-0.05, 0) is 31.7 Å². The summed E-state index contributed by atoms with van der Waals surface area (Å²) < 4.78 is 6.86. The van der Waals surface area contributed by atoms with Gasteiger partial charge < -0.3 is 4.74 Å². The predicted molar refractivity (Wildman–Crippen MR) is 92.8 cm³/mol. The number of rotatable bonds is 7. The Kier molecular flexibility index (Phi) is 5.18. The molecule has 0 amide bonds. The molecule has 0 saturated carbocycles. The minimum atomic E-state index is -0.337. The van der Waals surface area contributed by atoms with Gasteiger partial charge >= 0.3 is 5.97 Å². The minimum absolute atomic E-state index is 0.0820. The van der Waals surface area contributed by atoms with Crippen molar-refractivity contribution < 1.29 is 14.3 Å². The van der Waals surface area contributed by atoms with E-state index < -0.39 is 0 Å². The molecule has 3 aromatic rings. The van der Waals surface area contributed by atoms with Crippen LogP contribution < -0.4 is 0 Å². The third-order valence-corrected chi connectivity index (χ3v) is 4.83. The van der Waals surface area contributed by atoms with Crippen LogP contribution in [0.3, 0.4) is 0 Å². The average Bonchev–Trinajstić information content (AvgIpc) is 3.26. The van der Waals surface area contributed by atoms with Crippen LogP contribution in [-0.4, -0.2) is 37.9 Å². The molecule has 8 heteroatoms. The minimum Gasteiger partial charge on any atom is -0.465 e. The third kappa shape index (κ3) is 3.90. The van der Waals surface area contributed by atoms with Crippen molar-refractivity contribution in [3.05, 3.63) is 45.7 Å². The second-order valence-corrected chi connectivity index (χ2v) is 6.58. The van der Waals surface area contributed by atoms with Gasteiger partial charge in [-0.1, -0.05) is 6.07 Å². The number of nitrogens with zero attached hydrogens (tertiary/aromatic N) is 4. The van der Waals surface area contributed by atoms with Crippen molar-refractivity contribution in [3.63, 3.8) is 0 Å². The quantitative estimate of drug-likeness (QED) is 0.366. The van der Waals surface area contributed by atoms with Crippen molar-refractivity contribution in [3.8, 4) is 0 Å². The maximum absolute atomic E-state index is 12.1. The molecular formula is C17H18N4O3S. The molecule has 0 bridgehead atoms. The van der Waals surface area contributed by atoms with Crippen LogP contribution in [0.5, 0.6) is 0 Å². The molecule has 0 aliphatic rings. The number of fused-ring (bicyclic) bond motifs is 1. The first-order valence-electron chi connectivity index (χ1n) is 7.94. The van der Waals surface area contributed by atoms with Crippen molar-refractivity contribution in [2.24, 2.45) is 0 Å². The number of esters is 1. The molecule has 0 N–H and O–H groups in total. The Balaban J connectivity index is 1.52. The number of hydrogen-bond donors (Lipinski definition) is 0. The van der Waals surface area contributed by atoms with Gasteiger partial charge in [-0.3, -0.25) is 9.59 Å². The second-order valence-electron chi connectivity index (χ2n) is 5.63. The van der Waals surface area contributed by atoms with Gasteiger partial charge in [0.1, 0.15) is 6.33 Å². The molecule has 0 radical (unpaired) electrons. The van der Waals surface area contributed by atoms with E-state index in [2.05, 4.69) is 15.1 Å². The molecule has 0 spiro atoms. The van der Waals surface area contributed by atoms with E-state index in [4.69, 9.17) is 4.74 Å². The first-order valence-corrected chi connectivity index (χ1v) is 8.82. The number of hydrogen-bond acceptors (Lipinski definition) is 7. The Bertz CT molecular complexity index is 902. The van der Waals surface area contributed by atoms with Crippen molar-refractivity contribution in [2.45, 2.75) is 33.1 Å². The van der Waals surface area contributed by atoms with Crippen LogP contribution >= 0.6 is 11.3 Å². The average molecular weight is 358 g/mol. The van der Waals surface area contributed by atoms with Crippen molar-refractivity contribution in [2.75, 3.05) is 6.61 Å². The molecule has 130 valence electrons. The molecule has 3 aromatic heterocycles. The molecule has 0 fully saturated rings. The van der Waals surface area contributed by atoms with E-state index in [1.807, 2.05) is 25.3 Å². The van der Waals surface area contributed by atoms with Gasteiger partial charge in [0.05, 0.1) is 17.9 Å². The maximum Gasteiger partial charge on any atom is 0.310 e. The fourth-order valence-corrected chi connectivity index (χ4v) is 3.28. The highest BCUT2D eigenvalue weighted by molar-refractivity contribution is 7.12. The van der Waals surface area contributed by atoms with Gasteiger partial charge in [-0.25, -0.2) is 9.50 Å². The summed E-state index contributed by atoms with van der Waals surface area (Å²) >= 11 is 1.42. The number of thiophene rings is 1. The standard InChI is InChI=1S/C17H18N4O3S/c1-11-13(12(2)21-17(20-11)18-10-19-21)9-16(23)24-7-3-5-14(22)15-6-4-8-25-15/h4,6,8,10H,3,5,7,9H2,1-2H3. The lowest BCUT2D eigenvalue weighted by atomic mass is 10.1. The van der Waals surface area contributed by atoms with Crippen LogP contribution in [0.1, 0.15) is 39.5 Å². The van der Waals surface area contributed by atoms with Gasteiger partial charge in [0.15, 0.2) is 5.78 Å². The number of carbonyl (C=O) groups excluding carboxylic acids is 2. The number of Topliss-reactive ketones (excluding diaryl/α,β-unsaturated/α-hetero) is 1.